The molecule has 9 nitrogen and oxygen atoms in total. The molecule has 0 aromatic carbocycles. The summed E-state index contributed by atoms with van der Waals surface area (Å²) in [6.07, 6.45) is 2.71. The number of halogens is 1. The van der Waals surface area contributed by atoms with Crippen molar-refractivity contribution in [3.05, 3.63) is 16.9 Å². The Morgan fingerprint density at radius 2 is 2.12 bits per heavy atom. The van der Waals surface area contributed by atoms with E-state index < -0.39 is 11.7 Å². The summed E-state index contributed by atoms with van der Waals surface area (Å²) in [6, 6.07) is 0. The van der Waals surface area contributed by atoms with Gasteiger partial charge in [-0.05, 0) is 53.9 Å². The average molecular weight is 409 g/mol. The third-order valence-electron chi connectivity index (χ3n) is 3.24. The number of carbonyl (C=O) groups is 1. The summed E-state index contributed by atoms with van der Waals surface area (Å²) in [6.45, 7) is 7.93. The maximum Gasteiger partial charge on any atom is 0.413 e. The summed E-state index contributed by atoms with van der Waals surface area (Å²) in [4.78, 5) is 20.7. The fourth-order valence-electron chi connectivity index (χ4n) is 2.35. The van der Waals surface area contributed by atoms with Crippen molar-refractivity contribution in [2.24, 2.45) is 0 Å². The van der Waals surface area contributed by atoms with E-state index in [-0.39, 0.29) is 5.82 Å². The Morgan fingerprint density at radius 3 is 2.80 bits per heavy atom. The van der Waals surface area contributed by atoms with Crippen molar-refractivity contribution in [2.45, 2.75) is 39.8 Å². The molecule has 0 aliphatic rings. The van der Waals surface area contributed by atoms with E-state index in [9.17, 15) is 4.79 Å². The van der Waals surface area contributed by atoms with Crippen molar-refractivity contribution in [1.29, 1.82) is 0 Å². The molecular formula is C15H17BrN6O3. The Morgan fingerprint density at radius 1 is 1.36 bits per heavy atom. The molecule has 0 aliphatic heterocycles. The molecule has 132 valence electrons. The first kappa shape index (κ1) is 17.3. The molecule has 10 heteroatoms. The largest absolute Gasteiger partial charge is 0.444 e. The first-order valence-corrected chi connectivity index (χ1v) is 8.42. The highest BCUT2D eigenvalue weighted by atomic mass is 79.9. The summed E-state index contributed by atoms with van der Waals surface area (Å²) in [7, 11) is 0. The maximum absolute atomic E-state index is 12.0. The lowest BCUT2D eigenvalue weighted by atomic mass is 10.2. The van der Waals surface area contributed by atoms with Gasteiger partial charge in [0.25, 0.3) is 0 Å². The van der Waals surface area contributed by atoms with Crippen LogP contribution in [0, 0.1) is 0 Å². The maximum atomic E-state index is 12.0. The Kier molecular flexibility index (Phi) is 4.46. The SMILES string of the molecule is CCn1c(-c2nonc2NC(=O)OC(C)(C)C)nc2cncc(Br)c21. The zero-order valence-corrected chi connectivity index (χ0v) is 15.8. The number of rotatable bonds is 3. The van der Waals surface area contributed by atoms with Gasteiger partial charge in [-0.1, -0.05) is 0 Å². The predicted octanol–water partition coefficient (Wildman–Crippen LogP) is 3.61. The normalized spacial score (nSPS) is 11.7. The predicted molar refractivity (Wildman–Crippen MR) is 94.1 cm³/mol. The molecular weight excluding hydrogens is 392 g/mol. The van der Waals surface area contributed by atoms with E-state index in [1.807, 2.05) is 11.5 Å². The van der Waals surface area contributed by atoms with E-state index in [4.69, 9.17) is 9.37 Å². The number of pyridine rings is 1. The number of hydrogen-bond acceptors (Lipinski definition) is 7. The van der Waals surface area contributed by atoms with Crippen LogP contribution in [0.15, 0.2) is 21.5 Å². The second-order valence-corrected chi connectivity index (χ2v) is 7.11. The zero-order chi connectivity index (χ0) is 18.2. The van der Waals surface area contributed by atoms with Gasteiger partial charge in [-0.15, -0.1) is 0 Å². The van der Waals surface area contributed by atoms with E-state index in [1.54, 1.807) is 33.2 Å². The van der Waals surface area contributed by atoms with Gasteiger partial charge in [0.1, 0.15) is 11.1 Å². The summed E-state index contributed by atoms with van der Waals surface area (Å²) in [5, 5.41) is 10.2. The fraction of sp³-hybridized carbons (Fsp3) is 0.400. The van der Waals surface area contributed by atoms with Crippen LogP contribution in [0.3, 0.4) is 0 Å². The highest BCUT2D eigenvalue weighted by Crippen LogP contribution is 2.31. The molecule has 3 heterocycles. The Labute approximate surface area is 151 Å². The van der Waals surface area contributed by atoms with Gasteiger partial charge in [0, 0.05) is 12.7 Å². The van der Waals surface area contributed by atoms with Crippen LogP contribution in [0.25, 0.3) is 22.6 Å². The fourth-order valence-corrected chi connectivity index (χ4v) is 2.89. The Balaban J connectivity index is 2.02. The first-order valence-electron chi connectivity index (χ1n) is 7.63. The standard InChI is InChI=1S/C15H17BrN6O3/c1-5-22-11-8(16)6-17-7-9(11)18-13(22)10-12(21-25-20-10)19-14(23)24-15(2,3)4/h6-7H,5H2,1-4H3,(H,19,21,23). The van der Waals surface area contributed by atoms with Crippen LogP contribution in [-0.2, 0) is 11.3 Å². The highest BCUT2D eigenvalue weighted by Gasteiger charge is 2.24. The molecule has 0 aliphatic carbocycles. The zero-order valence-electron chi connectivity index (χ0n) is 14.2. The van der Waals surface area contributed by atoms with Crippen LogP contribution >= 0.6 is 15.9 Å². The smallest absolute Gasteiger partial charge is 0.413 e. The molecule has 0 unspecified atom stereocenters. The average Bonchev–Trinajstić information content (AvgIpc) is 3.09. The minimum absolute atomic E-state index is 0.142. The van der Waals surface area contributed by atoms with E-state index in [0.717, 1.165) is 9.99 Å². The van der Waals surface area contributed by atoms with E-state index in [2.05, 4.69) is 41.5 Å². The van der Waals surface area contributed by atoms with Gasteiger partial charge in [0.05, 0.1) is 16.2 Å². The van der Waals surface area contributed by atoms with Gasteiger partial charge in [0.2, 0.25) is 5.82 Å². The van der Waals surface area contributed by atoms with Crippen molar-refractivity contribution in [3.8, 4) is 11.5 Å². The number of imidazole rings is 1. The number of aryl methyl sites for hydroxylation is 1. The van der Waals surface area contributed by atoms with Crippen LogP contribution in [0.1, 0.15) is 27.7 Å². The monoisotopic (exact) mass is 408 g/mol. The minimum atomic E-state index is -0.647. The number of nitrogens with zero attached hydrogens (tertiary/aromatic N) is 5. The van der Waals surface area contributed by atoms with Crippen LogP contribution in [-0.4, -0.2) is 36.5 Å². The molecule has 0 saturated carbocycles. The number of ether oxygens (including phenoxy) is 1. The molecule has 1 amide bonds. The summed E-state index contributed by atoms with van der Waals surface area (Å²) in [5.74, 6) is 0.654. The molecule has 0 spiro atoms. The third kappa shape index (κ3) is 3.48. The number of carbonyl (C=O) groups excluding carboxylic acids is 1. The van der Waals surface area contributed by atoms with Gasteiger partial charge in [-0.25, -0.2) is 14.4 Å². The third-order valence-corrected chi connectivity index (χ3v) is 3.82. The molecule has 3 rings (SSSR count). The van der Waals surface area contributed by atoms with Crippen molar-refractivity contribution >= 4 is 38.9 Å². The van der Waals surface area contributed by atoms with E-state index >= 15 is 0 Å². The van der Waals surface area contributed by atoms with Gasteiger partial charge in [-0.3, -0.25) is 10.3 Å². The second kappa shape index (κ2) is 6.43. The van der Waals surface area contributed by atoms with Crippen molar-refractivity contribution < 1.29 is 14.2 Å². The van der Waals surface area contributed by atoms with Gasteiger partial charge in [-0.2, -0.15) is 0 Å². The van der Waals surface area contributed by atoms with Gasteiger partial charge in [0.15, 0.2) is 11.5 Å². The topological polar surface area (TPSA) is 108 Å². The molecule has 0 saturated heterocycles. The number of anilines is 1. The van der Waals surface area contributed by atoms with Crippen molar-refractivity contribution in [3.63, 3.8) is 0 Å². The molecule has 0 bridgehead atoms. The van der Waals surface area contributed by atoms with Crippen molar-refractivity contribution in [2.75, 3.05) is 5.32 Å². The van der Waals surface area contributed by atoms with Crippen molar-refractivity contribution in [1.82, 2.24) is 24.8 Å². The molecule has 3 aromatic heterocycles. The van der Waals surface area contributed by atoms with Crippen LogP contribution in [0.4, 0.5) is 10.6 Å². The highest BCUT2D eigenvalue weighted by molar-refractivity contribution is 9.10. The summed E-state index contributed by atoms with van der Waals surface area (Å²) >= 11 is 3.48. The quantitative estimate of drug-likeness (QED) is 0.704. The van der Waals surface area contributed by atoms with E-state index in [0.29, 0.717) is 23.6 Å². The summed E-state index contributed by atoms with van der Waals surface area (Å²) in [5.41, 5.74) is 1.25. The first-order chi connectivity index (χ1) is 11.8. The van der Waals surface area contributed by atoms with Gasteiger partial charge >= 0.3 is 6.09 Å². The molecule has 0 fully saturated rings. The summed E-state index contributed by atoms with van der Waals surface area (Å²) < 4.78 is 12.8. The number of amides is 1. The number of nitrogens with one attached hydrogen (secondary N) is 1. The number of fused-ring (bicyclic) bond motifs is 1. The number of hydrogen-bond donors (Lipinski definition) is 1. The van der Waals surface area contributed by atoms with Crippen LogP contribution in [0.2, 0.25) is 0 Å². The Bertz CT molecular complexity index is 927. The lowest BCUT2D eigenvalue weighted by molar-refractivity contribution is 0.0634. The van der Waals surface area contributed by atoms with Crippen LogP contribution < -0.4 is 5.32 Å². The molecule has 1 N–H and O–H groups in total. The molecule has 3 aromatic rings. The second-order valence-electron chi connectivity index (χ2n) is 6.26. The van der Waals surface area contributed by atoms with Gasteiger partial charge < -0.3 is 9.30 Å². The Hall–Kier alpha value is -2.49. The molecule has 25 heavy (non-hydrogen) atoms. The van der Waals surface area contributed by atoms with Crippen LogP contribution in [0.5, 0.6) is 0 Å². The lowest BCUT2D eigenvalue weighted by Crippen LogP contribution is -2.27. The molecule has 0 atom stereocenters. The minimum Gasteiger partial charge on any atom is -0.444 e. The lowest BCUT2D eigenvalue weighted by Gasteiger charge is -2.19. The number of aromatic nitrogens is 5. The molecule has 0 radical (unpaired) electrons. The van der Waals surface area contributed by atoms with E-state index in [1.165, 1.54) is 0 Å².